The molecule has 4 amide bonds. The van der Waals surface area contributed by atoms with Crippen LogP contribution in [-0.2, 0) is 27.3 Å². The van der Waals surface area contributed by atoms with E-state index >= 15 is 0 Å². The van der Waals surface area contributed by atoms with Crippen LogP contribution >= 0.6 is 46.7 Å². The van der Waals surface area contributed by atoms with Crippen molar-refractivity contribution in [2.24, 2.45) is 0 Å². The Morgan fingerprint density at radius 1 is 1.15 bits per heavy atom. The predicted octanol–water partition coefficient (Wildman–Crippen LogP) is 1.35. The van der Waals surface area contributed by atoms with Crippen LogP contribution < -0.4 is 16.0 Å². The maximum absolute atomic E-state index is 12.9. The van der Waals surface area contributed by atoms with Gasteiger partial charge in [0.2, 0.25) is 6.41 Å². The van der Waals surface area contributed by atoms with Crippen molar-refractivity contribution in [1.29, 1.82) is 0 Å². The Morgan fingerprint density at radius 3 is 2.65 bits per heavy atom. The number of carbonyl (C=O) groups is 4. The highest BCUT2D eigenvalue weighted by Gasteiger charge is 2.33. The molecular weight excluding hydrogens is 523 g/mol. The van der Waals surface area contributed by atoms with Crippen LogP contribution in [0.5, 0.6) is 0 Å². The van der Waals surface area contributed by atoms with Gasteiger partial charge in [-0.3, -0.25) is 19.2 Å². The molecule has 4 heterocycles. The second-order valence-corrected chi connectivity index (χ2v) is 10.8. The molecule has 2 atom stereocenters. The Balaban J connectivity index is 0.00000324. The van der Waals surface area contributed by atoms with E-state index in [1.165, 1.54) is 16.2 Å². The third-order valence-corrected chi connectivity index (χ3v) is 7.79. The number of piperidine rings is 1. The van der Waals surface area contributed by atoms with Gasteiger partial charge in [0.1, 0.15) is 0 Å². The monoisotopic (exact) mass is 546 g/mol. The van der Waals surface area contributed by atoms with Gasteiger partial charge in [-0.1, -0.05) is 11.6 Å². The fourth-order valence-corrected chi connectivity index (χ4v) is 5.86. The van der Waals surface area contributed by atoms with Crippen LogP contribution in [0.3, 0.4) is 0 Å². The number of hydrogen-bond acceptors (Lipinski definition) is 8. The van der Waals surface area contributed by atoms with Crippen molar-refractivity contribution in [2.75, 3.05) is 32.0 Å². The molecule has 0 aromatic carbocycles. The quantitative estimate of drug-likeness (QED) is 0.384. The van der Waals surface area contributed by atoms with E-state index in [0.717, 1.165) is 41.4 Å². The first-order chi connectivity index (χ1) is 15.8. The summed E-state index contributed by atoms with van der Waals surface area (Å²) >= 11 is 8.35. The van der Waals surface area contributed by atoms with Gasteiger partial charge < -0.3 is 25.8 Å². The number of halogens is 2. The van der Waals surface area contributed by atoms with Gasteiger partial charge in [0.25, 0.3) is 5.91 Å². The average Bonchev–Trinajstić information content (AvgIpc) is 3.40. The molecule has 10 nitrogen and oxygen atoms in total. The molecule has 0 unspecified atom stereocenters. The fourth-order valence-electron chi connectivity index (χ4n) is 3.83. The van der Waals surface area contributed by atoms with Crippen LogP contribution in [0.2, 0.25) is 4.34 Å². The van der Waals surface area contributed by atoms with Crippen molar-refractivity contribution in [2.45, 2.75) is 31.5 Å². The van der Waals surface area contributed by atoms with Gasteiger partial charge in [-0.2, -0.15) is 0 Å². The summed E-state index contributed by atoms with van der Waals surface area (Å²) in [4.78, 5) is 58.3. The molecule has 1 saturated heterocycles. The average molecular weight is 547 g/mol. The van der Waals surface area contributed by atoms with E-state index in [1.54, 1.807) is 12.1 Å². The Morgan fingerprint density at radius 2 is 1.94 bits per heavy atom. The summed E-state index contributed by atoms with van der Waals surface area (Å²) in [6.45, 7) is 2.27. The molecule has 34 heavy (non-hydrogen) atoms. The molecule has 14 heteroatoms. The summed E-state index contributed by atoms with van der Waals surface area (Å²) in [7, 11) is 2.02. The second-order valence-electron chi connectivity index (χ2n) is 7.98. The summed E-state index contributed by atoms with van der Waals surface area (Å²) in [5.74, 6) is -2.00. The van der Waals surface area contributed by atoms with Crippen molar-refractivity contribution in [1.82, 2.24) is 25.4 Å². The Bertz CT molecular complexity index is 1080. The molecule has 2 aromatic heterocycles. The minimum Gasteiger partial charge on any atom is -0.343 e. The number of amides is 4. The second kappa shape index (κ2) is 11.5. The van der Waals surface area contributed by atoms with E-state index in [1.807, 2.05) is 7.05 Å². The lowest BCUT2D eigenvalue weighted by molar-refractivity contribution is -0.137. The number of rotatable bonds is 5. The number of thiazole rings is 1. The molecule has 184 valence electrons. The fraction of sp³-hybridized carbons (Fsp3) is 0.450. The van der Waals surface area contributed by atoms with Crippen molar-refractivity contribution >= 4 is 75.8 Å². The molecule has 2 aromatic rings. The lowest BCUT2D eigenvalue weighted by Crippen LogP contribution is -2.61. The highest BCUT2D eigenvalue weighted by atomic mass is 35.5. The lowest BCUT2D eigenvalue weighted by Gasteiger charge is -2.37. The summed E-state index contributed by atoms with van der Waals surface area (Å²) in [6.07, 6.45) is 1.90. The van der Waals surface area contributed by atoms with E-state index in [4.69, 9.17) is 11.6 Å². The molecule has 0 radical (unpaired) electrons. The van der Waals surface area contributed by atoms with Gasteiger partial charge in [0.15, 0.2) is 5.01 Å². The Kier molecular flexibility index (Phi) is 8.88. The van der Waals surface area contributed by atoms with Gasteiger partial charge in [0, 0.05) is 37.5 Å². The van der Waals surface area contributed by atoms with E-state index < -0.39 is 23.9 Å². The van der Waals surface area contributed by atoms with Gasteiger partial charge >= 0.3 is 11.8 Å². The number of likely N-dealkylation sites (tertiary alicyclic amines) is 1. The summed E-state index contributed by atoms with van der Waals surface area (Å²) < 4.78 is 0.491. The third-order valence-electron chi connectivity index (χ3n) is 5.56. The zero-order valence-corrected chi connectivity index (χ0v) is 21.4. The number of nitrogens with one attached hydrogen (secondary N) is 3. The first-order valence-corrected chi connectivity index (χ1v) is 12.4. The molecule has 1 fully saturated rings. The van der Waals surface area contributed by atoms with Crippen molar-refractivity contribution < 1.29 is 19.2 Å². The van der Waals surface area contributed by atoms with E-state index in [2.05, 4.69) is 25.8 Å². The summed E-state index contributed by atoms with van der Waals surface area (Å²) in [5.41, 5.74) is 0.941. The maximum Gasteiger partial charge on any atom is 0.314 e. The van der Waals surface area contributed by atoms with Gasteiger partial charge in [0.05, 0.1) is 27.1 Å². The number of aromatic nitrogens is 1. The van der Waals surface area contributed by atoms with Crippen LogP contribution in [0.25, 0.3) is 0 Å². The molecule has 0 aliphatic carbocycles. The van der Waals surface area contributed by atoms with Gasteiger partial charge in [-0.15, -0.1) is 35.1 Å². The maximum atomic E-state index is 12.9. The van der Waals surface area contributed by atoms with Crippen molar-refractivity contribution in [3.63, 3.8) is 0 Å². The largest absolute Gasteiger partial charge is 0.343 e. The number of thiophene rings is 1. The Hall–Kier alpha value is -2.25. The zero-order chi connectivity index (χ0) is 23.5. The van der Waals surface area contributed by atoms with E-state index in [0.29, 0.717) is 33.7 Å². The van der Waals surface area contributed by atoms with Crippen LogP contribution in [0.15, 0.2) is 12.1 Å². The number of fused-ring (bicyclic) bond motifs is 1. The molecule has 4 rings (SSSR count). The topological polar surface area (TPSA) is 124 Å². The van der Waals surface area contributed by atoms with Crippen molar-refractivity contribution in [3.8, 4) is 0 Å². The highest BCUT2D eigenvalue weighted by Crippen LogP contribution is 2.26. The summed E-state index contributed by atoms with van der Waals surface area (Å²) in [6, 6.07) is 2.15. The van der Waals surface area contributed by atoms with E-state index in [-0.39, 0.29) is 24.9 Å². The molecule has 0 saturated carbocycles. The minimum atomic E-state index is -0.826. The highest BCUT2D eigenvalue weighted by molar-refractivity contribution is 7.20. The van der Waals surface area contributed by atoms with Crippen LogP contribution in [0.4, 0.5) is 5.00 Å². The van der Waals surface area contributed by atoms with Crippen molar-refractivity contribution in [3.05, 3.63) is 32.0 Å². The van der Waals surface area contributed by atoms with Crippen LogP contribution in [0.1, 0.15) is 26.8 Å². The van der Waals surface area contributed by atoms with E-state index in [9.17, 15) is 19.2 Å². The third kappa shape index (κ3) is 6.25. The number of hydrogen-bond donors (Lipinski definition) is 3. The lowest BCUT2D eigenvalue weighted by atomic mass is 9.99. The van der Waals surface area contributed by atoms with Gasteiger partial charge in [-0.25, -0.2) is 4.98 Å². The first kappa shape index (κ1) is 26.4. The predicted molar refractivity (Wildman–Crippen MR) is 133 cm³/mol. The molecule has 0 bridgehead atoms. The molecule has 3 N–H and O–H groups in total. The van der Waals surface area contributed by atoms with Crippen LogP contribution in [0, 0.1) is 0 Å². The normalized spacial score (nSPS) is 20.0. The number of anilines is 1. The molecule has 0 spiro atoms. The van der Waals surface area contributed by atoms with Gasteiger partial charge in [-0.05, 0) is 25.6 Å². The number of carbonyl (C=O) groups excluding carboxylic acids is 4. The smallest absolute Gasteiger partial charge is 0.314 e. The zero-order valence-electron chi connectivity index (χ0n) is 18.2. The molecular formula is C20H24Cl2N6O4S2. The van der Waals surface area contributed by atoms with Crippen LogP contribution in [-0.4, -0.2) is 77.7 Å². The number of nitrogens with zero attached hydrogens (tertiary/aromatic N) is 3. The standard InChI is InChI=1S/C20H23ClN6O4S2.ClH/c1-26-6-4-12-14(9-26)32-20(24-12)19(31)23-13-8-27(10-28)7-5-11(13)22-17(29)18(30)25-16-3-2-15(21)33-16;/h2-3,10-11,13H,4-9H2,1H3,(H,22,29)(H,23,31)(H,25,30);1H/t11-,13+;/m0./s1. The summed E-state index contributed by atoms with van der Waals surface area (Å²) in [5, 5.41) is 8.91. The molecule has 2 aliphatic heterocycles. The SMILES string of the molecule is CN1CCc2nc(C(=O)N[C@@H]3CN(C=O)CC[C@@H]3NC(=O)C(=O)Nc3ccc(Cl)s3)sc2C1.Cl. The molecule has 2 aliphatic rings. The Labute approximate surface area is 215 Å². The minimum absolute atomic E-state index is 0. The number of likely N-dealkylation sites (N-methyl/N-ethyl adjacent to an activating group) is 1. The first-order valence-electron chi connectivity index (χ1n) is 10.4.